The highest BCUT2D eigenvalue weighted by Crippen LogP contribution is 2.16. The van der Waals surface area contributed by atoms with Crippen molar-refractivity contribution in [1.82, 2.24) is 9.80 Å². The smallest absolute Gasteiger partial charge is 0.221 e. The fourth-order valence-corrected chi connectivity index (χ4v) is 3.95. The van der Waals surface area contributed by atoms with E-state index in [1.807, 2.05) is 18.2 Å². The number of nitrogens with one attached hydrogen (secondary N) is 1. The van der Waals surface area contributed by atoms with Crippen molar-refractivity contribution in [2.75, 3.05) is 44.6 Å². The summed E-state index contributed by atoms with van der Waals surface area (Å²) in [4.78, 5) is 21.1. The second-order valence-electron chi connectivity index (χ2n) is 7.64. The van der Waals surface area contributed by atoms with E-state index < -0.39 is 0 Å². The third kappa shape index (κ3) is 7.24. The molecule has 2 aliphatic rings. The number of halogens is 1. The quantitative estimate of drug-likeness (QED) is 0.273. The maximum atomic E-state index is 11.4. The minimum absolute atomic E-state index is 0. The molecule has 7 heteroatoms. The Bertz CT molecular complexity index is 618. The number of benzene rings is 1. The number of aliphatic imine (C=N–C) groups is 1. The first-order valence-corrected chi connectivity index (χ1v) is 10.4. The maximum Gasteiger partial charge on any atom is 0.221 e. The van der Waals surface area contributed by atoms with Gasteiger partial charge in [0.2, 0.25) is 5.91 Å². The van der Waals surface area contributed by atoms with Gasteiger partial charge in [-0.1, -0.05) is 18.2 Å². The van der Waals surface area contributed by atoms with Gasteiger partial charge in [-0.25, -0.2) is 0 Å². The molecule has 3 rings (SSSR count). The van der Waals surface area contributed by atoms with Crippen LogP contribution in [0.15, 0.2) is 35.3 Å². The van der Waals surface area contributed by atoms with Crippen LogP contribution < -0.4 is 11.1 Å². The summed E-state index contributed by atoms with van der Waals surface area (Å²) < 4.78 is 0. The summed E-state index contributed by atoms with van der Waals surface area (Å²) in [6.07, 6.45) is 6.77. The van der Waals surface area contributed by atoms with Crippen molar-refractivity contribution in [1.29, 1.82) is 0 Å². The maximum absolute atomic E-state index is 11.4. The Morgan fingerprint density at radius 3 is 2.57 bits per heavy atom. The van der Waals surface area contributed by atoms with E-state index in [1.54, 1.807) is 0 Å². The number of amides is 1. The number of hydrogen-bond donors (Lipinski definition) is 2. The number of hydrogen-bond acceptors (Lipinski definition) is 3. The Hall–Kier alpha value is -1.35. The van der Waals surface area contributed by atoms with E-state index in [1.165, 1.54) is 19.3 Å². The summed E-state index contributed by atoms with van der Waals surface area (Å²) in [7, 11) is 0. The van der Waals surface area contributed by atoms with Gasteiger partial charge in [0.15, 0.2) is 5.96 Å². The van der Waals surface area contributed by atoms with Crippen molar-refractivity contribution in [2.45, 2.75) is 38.5 Å². The Kier molecular flexibility index (Phi) is 10.0. The molecule has 2 heterocycles. The van der Waals surface area contributed by atoms with Crippen molar-refractivity contribution in [2.24, 2.45) is 16.6 Å². The number of primary amides is 1. The molecular weight excluding hydrogens is 465 g/mol. The van der Waals surface area contributed by atoms with E-state index in [4.69, 9.17) is 10.7 Å². The number of guanidine groups is 1. The lowest BCUT2D eigenvalue weighted by molar-refractivity contribution is -0.123. The van der Waals surface area contributed by atoms with Gasteiger partial charge in [0.25, 0.3) is 0 Å². The molecule has 156 valence electrons. The van der Waals surface area contributed by atoms with Crippen LogP contribution in [-0.2, 0) is 4.79 Å². The topological polar surface area (TPSA) is 74.0 Å². The molecule has 1 amide bonds. The van der Waals surface area contributed by atoms with Crippen LogP contribution in [0.2, 0.25) is 0 Å². The van der Waals surface area contributed by atoms with E-state index in [2.05, 4.69) is 27.2 Å². The molecule has 0 spiro atoms. The van der Waals surface area contributed by atoms with E-state index in [9.17, 15) is 4.79 Å². The largest absolute Gasteiger partial charge is 0.369 e. The zero-order valence-corrected chi connectivity index (χ0v) is 19.0. The highest BCUT2D eigenvalue weighted by molar-refractivity contribution is 14.0. The number of anilines is 1. The minimum atomic E-state index is -0.155. The summed E-state index contributed by atoms with van der Waals surface area (Å²) >= 11 is 0. The second-order valence-corrected chi connectivity index (χ2v) is 7.64. The predicted molar refractivity (Wildman–Crippen MR) is 126 cm³/mol. The van der Waals surface area contributed by atoms with Crippen molar-refractivity contribution in [3.63, 3.8) is 0 Å². The Labute approximate surface area is 186 Å². The first-order chi connectivity index (χ1) is 13.2. The summed E-state index contributed by atoms with van der Waals surface area (Å²) in [6, 6.07) is 10.3. The molecule has 0 saturated carbocycles. The highest BCUT2D eigenvalue weighted by Gasteiger charge is 2.23. The average Bonchev–Trinajstić information content (AvgIpc) is 2.72. The molecule has 1 aromatic carbocycles. The van der Waals surface area contributed by atoms with Gasteiger partial charge in [-0.15, -0.1) is 24.0 Å². The van der Waals surface area contributed by atoms with Crippen molar-refractivity contribution >= 4 is 41.5 Å². The molecule has 2 fully saturated rings. The molecule has 1 unspecified atom stereocenters. The van der Waals surface area contributed by atoms with E-state index in [0.29, 0.717) is 0 Å². The SMILES string of the molecule is I.NC(=O)C1CCCN(CCCN=C(Nc2ccccc2)N2CCCCC2)C1. The zero-order chi connectivity index (χ0) is 18.9. The zero-order valence-electron chi connectivity index (χ0n) is 16.7. The Balaban J connectivity index is 0.00000280. The van der Waals surface area contributed by atoms with Crippen molar-refractivity contribution in [3.8, 4) is 0 Å². The van der Waals surface area contributed by atoms with E-state index in [-0.39, 0.29) is 35.8 Å². The van der Waals surface area contributed by atoms with Crippen LogP contribution in [0.4, 0.5) is 5.69 Å². The molecule has 0 aliphatic carbocycles. The second kappa shape index (κ2) is 12.3. The van der Waals surface area contributed by atoms with Crippen LogP contribution in [0.1, 0.15) is 38.5 Å². The van der Waals surface area contributed by atoms with Crippen LogP contribution in [0.5, 0.6) is 0 Å². The molecule has 2 aliphatic heterocycles. The van der Waals surface area contributed by atoms with Gasteiger partial charge in [-0.3, -0.25) is 9.79 Å². The average molecular weight is 499 g/mol. The van der Waals surface area contributed by atoms with Gasteiger partial charge in [-0.2, -0.15) is 0 Å². The van der Waals surface area contributed by atoms with Gasteiger partial charge in [0.1, 0.15) is 0 Å². The lowest BCUT2D eigenvalue weighted by Gasteiger charge is -2.31. The van der Waals surface area contributed by atoms with Gasteiger partial charge in [-0.05, 0) is 63.7 Å². The lowest BCUT2D eigenvalue weighted by atomic mass is 9.97. The molecule has 0 radical (unpaired) electrons. The first-order valence-electron chi connectivity index (χ1n) is 10.4. The van der Waals surface area contributed by atoms with Crippen LogP contribution in [0, 0.1) is 5.92 Å². The molecular formula is C21H34IN5O. The summed E-state index contributed by atoms with van der Waals surface area (Å²) in [6.45, 7) is 5.79. The molecule has 1 aromatic rings. The predicted octanol–water partition coefficient (Wildman–Crippen LogP) is 3.15. The molecule has 2 saturated heterocycles. The molecule has 1 atom stereocenters. The monoisotopic (exact) mass is 499 g/mol. The lowest BCUT2D eigenvalue weighted by Crippen LogP contribution is -2.42. The van der Waals surface area contributed by atoms with Crippen LogP contribution in [0.3, 0.4) is 0 Å². The van der Waals surface area contributed by atoms with E-state index in [0.717, 1.165) is 70.2 Å². The standard InChI is InChI=1S/C21H33N5O.HI/c22-20(27)18-9-7-13-25(17-18)14-8-12-23-21(26-15-5-2-6-16-26)24-19-10-3-1-4-11-19;/h1,3-4,10-11,18H,2,5-9,12-17H2,(H2,22,27)(H,23,24);1H. The number of carbonyl (C=O) groups excluding carboxylic acids is 1. The number of likely N-dealkylation sites (tertiary alicyclic amines) is 2. The van der Waals surface area contributed by atoms with Gasteiger partial charge < -0.3 is 20.9 Å². The fraction of sp³-hybridized carbons (Fsp3) is 0.619. The summed E-state index contributed by atoms with van der Waals surface area (Å²) in [5, 5.41) is 3.51. The van der Waals surface area contributed by atoms with Crippen LogP contribution in [-0.4, -0.2) is 60.9 Å². The normalized spacial score (nSPS) is 21.1. The number of para-hydroxylation sites is 1. The van der Waals surface area contributed by atoms with Crippen molar-refractivity contribution < 1.29 is 4.79 Å². The number of piperidine rings is 2. The van der Waals surface area contributed by atoms with Crippen molar-refractivity contribution in [3.05, 3.63) is 30.3 Å². The Morgan fingerprint density at radius 1 is 1.11 bits per heavy atom. The third-order valence-corrected chi connectivity index (χ3v) is 5.49. The van der Waals surface area contributed by atoms with Gasteiger partial charge in [0.05, 0.1) is 5.92 Å². The molecule has 0 bridgehead atoms. The molecule has 28 heavy (non-hydrogen) atoms. The third-order valence-electron chi connectivity index (χ3n) is 5.49. The Morgan fingerprint density at radius 2 is 1.86 bits per heavy atom. The number of nitrogens with zero attached hydrogens (tertiary/aromatic N) is 3. The van der Waals surface area contributed by atoms with Crippen LogP contribution >= 0.6 is 24.0 Å². The summed E-state index contributed by atoms with van der Waals surface area (Å²) in [5.74, 6) is 0.859. The van der Waals surface area contributed by atoms with E-state index >= 15 is 0 Å². The number of rotatable bonds is 6. The number of carbonyl (C=O) groups is 1. The van der Waals surface area contributed by atoms with Crippen LogP contribution in [0.25, 0.3) is 0 Å². The highest BCUT2D eigenvalue weighted by atomic mass is 127. The molecule has 3 N–H and O–H groups in total. The molecule has 6 nitrogen and oxygen atoms in total. The summed E-state index contributed by atoms with van der Waals surface area (Å²) in [5.41, 5.74) is 6.56. The van der Waals surface area contributed by atoms with Gasteiger partial charge in [0, 0.05) is 31.9 Å². The first kappa shape index (κ1) is 22.9. The number of nitrogens with two attached hydrogens (primary N) is 1. The molecule has 0 aromatic heterocycles. The van der Waals surface area contributed by atoms with Gasteiger partial charge >= 0.3 is 0 Å². The minimum Gasteiger partial charge on any atom is -0.369 e. The fourth-order valence-electron chi connectivity index (χ4n) is 3.95.